The molecule has 3 aromatic carbocycles. The molecular formula is C24H25NO4. The molecule has 5 heteroatoms. The zero-order chi connectivity index (χ0) is 20.5. The molecule has 29 heavy (non-hydrogen) atoms. The van der Waals surface area contributed by atoms with Gasteiger partial charge < -0.3 is 19.5 Å². The van der Waals surface area contributed by atoms with E-state index in [4.69, 9.17) is 14.2 Å². The predicted molar refractivity (Wildman–Crippen MR) is 114 cm³/mol. The second-order valence-electron chi connectivity index (χ2n) is 6.61. The van der Waals surface area contributed by atoms with Crippen molar-refractivity contribution >= 4 is 11.6 Å². The third kappa shape index (κ3) is 6.28. The third-order valence-electron chi connectivity index (χ3n) is 4.22. The molecule has 1 amide bonds. The molecule has 0 radical (unpaired) electrons. The van der Waals surface area contributed by atoms with Gasteiger partial charge in [0.05, 0.1) is 5.69 Å². The van der Waals surface area contributed by atoms with Crippen LogP contribution in [0.2, 0.25) is 0 Å². The number of rotatable bonds is 9. The first kappa shape index (κ1) is 20.3. The minimum absolute atomic E-state index is 0.0753. The lowest BCUT2D eigenvalue weighted by Gasteiger charge is -2.14. The summed E-state index contributed by atoms with van der Waals surface area (Å²) in [6.07, 6.45) is 0. The number of anilines is 1. The van der Waals surface area contributed by atoms with Crippen molar-refractivity contribution < 1.29 is 19.0 Å². The minimum Gasteiger partial charge on any atom is -0.490 e. The Morgan fingerprint density at radius 2 is 1.48 bits per heavy atom. The normalized spacial score (nSPS) is 10.3. The van der Waals surface area contributed by atoms with E-state index < -0.39 is 0 Å². The van der Waals surface area contributed by atoms with Crippen LogP contribution >= 0.6 is 0 Å². The van der Waals surface area contributed by atoms with Crippen LogP contribution in [0.15, 0.2) is 72.8 Å². The number of aryl methyl sites for hydroxylation is 2. The molecule has 3 aromatic rings. The topological polar surface area (TPSA) is 56.8 Å². The molecule has 150 valence electrons. The van der Waals surface area contributed by atoms with E-state index in [0.29, 0.717) is 30.4 Å². The lowest BCUT2D eigenvalue weighted by molar-refractivity contribution is -0.118. The van der Waals surface area contributed by atoms with Crippen LogP contribution in [-0.2, 0) is 4.79 Å². The maximum Gasteiger partial charge on any atom is 0.262 e. The standard InChI is InChI=1S/C24H25NO4/c1-18-12-13-19(2)23(16-18)28-15-14-27-22-11-7-6-10-21(22)25-24(26)17-29-20-8-4-3-5-9-20/h3-13,16H,14-15,17H2,1-2H3,(H,25,26). The van der Waals surface area contributed by atoms with Gasteiger partial charge in [-0.15, -0.1) is 0 Å². The van der Waals surface area contributed by atoms with E-state index in [1.165, 1.54) is 0 Å². The fourth-order valence-electron chi connectivity index (χ4n) is 2.71. The summed E-state index contributed by atoms with van der Waals surface area (Å²) in [5, 5.41) is 2.83. The summed E-state index contributed by atoms with van der Waals surface area (Å²) in [5.41, 5.74) is 2.83. The van der Waals surface area contributed by atoms with E-state index in [9.17, 15) is 4.79 Å². The Labute approximate surface area is 171 Å². The van der Waals surface area contributed by atoms with Crippen molar-refractivity contribution in [3.63, 3.8) is 0 Å². The van der Waals surface area contributed by atoms with Gasteiger partial charge in [0.1, 0.15) is 30.5 Å². The molecular weight excluding hydrogens is 366 g/mol. The Hall–Kier alpha value is -3.47. The third-order valence-corrected chi connectivity index (χ3v) is 4.22. The number of nitrogens with one attached hydrogen (secondary N) is 1. The highest BCUT2D eigenvalue weighted by atomic mass is 16.5. The number of carbonyl (C=O) groups is 1. The minimum atomic E-state index is -0.253. The van der Waals surface area contributed by atoms with Gasteiger partial charge in [-0.05, 0) is 55.3 Å². The molecule has 0 atom stereocenters. The monoisotopic (exact) mass is 391 g/mol. The van der Waals surface area contributed by atoms with Crippen LogP contribution in [0.5, 0.6) is 17.2 Å². The van der Waals surface area contributed by atoms with Crippen molar-refractivity contribution in [2.45, 2.75) is 13.8 Å². The molecule has 0 saturated carbocycles. The van der Waals surface area contributed by atoms with Crippen LogP contribution in [0, 0.1) is 13.8 Å². The molecule has 0 saturated heterocycles. The fourth-order valence-corrected chi connectivity index (χ4v) is 2.71. The Morgan fingerprint density at radius 1 is 0.793 bits per heavy atom. The Morgan fingerprint density at radius 3 is 2.28 bits per heavy atom. The highest BCUT2D eigenvalue weighted by Crippen LogP contribution is 2.24. The number of amides is 1. The number of ether oxygens (including phenoxy) is 3. The van der Waals surface area contributed by atoms with Crippen molar-refractivity contribution in [1.82, 2.24) is 0 Å². The quantitative estimate of drug-likeness (QED) is 0.534. The summed E-state index contributed by atoms with van der Waals surface area (Å²) in [5.74, 6) is 1.84. The maximum absolute atomic E-state index is 12.2. The summed E-state index contributed by atoms with van der Waals surface area (Å²) < 4.78 is 17.1. The van der Waals surface area contributed by atoms with Gasteiger partial charge >= 0.3 is 0 Å². The van der Waals surface area contributed by atoms with Crippen molar-refractivity contribution in [3.8, 4) is 17.2 Å². The van der Waals surface area contributed by atoms with Crippen LogP contribution < -0.4 is 19.5 Å². The van der Waals surface area contributed by atoms with E-state index in [1.807, 2.05) is 62.4 Å². The zero-order valence-corrected chi connectivity index (χ0v) is 16.7. The predicted octanol–water partition coefficient (Wildman–Crippen LogP) is 4.78. The van der Waals surface area contributed by atoms with Crippen LogP contribution in [0.25, 0.3) is 0 Å². The number of carbonyl (C=O) groups excluding carboxylic acids is 1. The SMILES string of the molecule is Cc1ccc(C)c(OCCOc2ccccc2NC(=O)COc2ccccc2)c1. The first-order chi connectivity index (χ1) is 14.1. The molecule has 0 bridgehead atoms. The van der Waals surface area contributed by atoms with Crippen molar-refractivity contribution in [2.24, 2.45) is 0 Å². The second kappa shape index (κ2) is 10.2. The summed E-state index contributed by atoms with van der Waals surface area (Å²) in [6.45, 7) is 4.74. The van der Waals surface area contributed by atoms with Crippen LogP contribution in [0.3, 0.4) is 0 Å². The number of hydrogen-bond donors (Lipinski definition) is 1. The largest absolute Gasteiger partial charge is 0.490 e. The lowest BCUT2D eigenvalue weighted by atomic mass is 10.1. The van der Waals surface area contributed by atoms with E-state index in [0.717, 1.165) is 16.9 Å². The molecule has 0 fully saturated rings. The van der Waals surface area contributed by atoms with Gasteiger partial charge in [0.2, 0.25) is 0 Å². The second-order valence-corrected chi connectivity index (χ2v) is 6.61. The van der Waals surface area contributed by atoms with E-state index in [-0.39, 0.29) is 12.5 Å². The van der Waals surface area contributed by atoms with E-state index >= 15 is 0 Å². The molecule has 0 aliphatic heterocycles. The van der Waals surface area contributed by atoms with Gasteiger partial charge in [-0.1, -0.05) is 42.5 Å². The zero-order valence-electron chi connectivity index (χ0n) is 16.7. The summed E-state index contributed by atoms with van der Waals surface area (Å²) in [6, 6.07) is 22.6. The average Bonchev–Trinajstić information content (AvgIpc) is 2.74. The van der Waals surface area contributed by atoms with Crippen LogP contribution in [0.4, 0.5) is 5.69 Å². The smallest absolute Gasteiger partial charge is 0.262 e. The highest BCUT2D eigenvalue weighted by molar-refractivity contribution is 5.93. The highest BCUT2D eigenvalue weighted by Gasteiger charge is 2.09. The molecule has 0 aromatic heterocycles. The molecule has 0 unspecified atom stereocenters. The molecule has 3 rings (SSSR count). The molecule has 0 heterocycles. The average molecular weight is 391 g/mol. The summed E-state index contributed by atoms with van der Waals surface area (Å²) in [7, 11) is 0. The molecule has 1 N–H and O–H groups in total. The van der Waals surface area contributed by atoms with Crippen molar-refractivity contribution in [2.75, 3.05) is 25.1 Å². The van der Waals surface area contributed by atoms with Crippen LogP contribution in [-0.4, -0.2) is 25.7 Å². The Kier molecular flexibility index (Phi) is 7.11. The number of benzene rings is 3. The van der Waals surface area contributed by atoms with Crippen LogP contribution in [0.1, 0.15) is 11.1 Å². The first-order valence-electron chi connectivity index (χ1n) is 9.51. The van der Waals surface area contributed by atoms with E-state index in [1.54, 1.807) is 18.2 Å². The van der Waals surface area contributed by atoms with Gasteiger partial charge in [0.25, 0.3) is 5.91 Å². The summed E-state index contributed by atoms with van der Waals surface area (Å²) in [4.78, 5) is 12.2. The lowest BCUT2D eigenvalue weighted by Crippen LogP contribution is -2.21. The van der Waals surface area contributed by atoms with Gasteiger partial charge in [0, 0.05) is 0 Å². The number of para-hydroxylation sites is 3. The first-order valence-corrected chi connectivity index (χ1v) is 9.51. The molecule has 5 nitrogen and oxygen atoms in total. The molecule has 0 aliphatic carbocycles. The maximum atomic E-state index is 12.2. The van der Waals surface area contributed by atoms with Gasteiger partial charge in [0.15, 0.2) is 6.61 Å². The van der Waals surface area contributed by atoms with E-state index in [2.05, 4.69) is 11.4 Å². The fraction of sp³-hybridized carbons (Fsp3) is 0.208. The van der Waals surface area contributed by atoms with Gasteiger partial charge in [-0.25, -0.2) is 0 Å². The molecule has 0 spiro atoms. The summed E-state index contributed by atoms with van der Waals surface area (Å²) >= 11 is 0. The Balaban J connectivity index is 1.49. The van der Waals surface area contributed by atoms with Crippen molar-refractivity contribution in [1.29, 1.82) is 0 Å². The Bertz CT molecular complexity index is 941. The number of hydrogen-bond acceptors (Lipinski definition) is 4. The van der Waals surface area contributed by atoms with Gasteiger partial charge in [-0.2, -0.15) is 0 Å². The van der Waals surface area contributed by atoms with Gasteiger partial charge in [-0.3, -0.25) is 4.79 Å². The molecule has 0 aliphatic rings. The van der Waals surface area contributed by atoms with Crippen molar-refractivity contribution in [3.05, 3.63) is 83.9 Å².